The van der Waals surface area contributed by atoms with Gasteiger partial charge in [0.2, 0.25) is 0 Å². The highest BCUT2D eigenvalue weighted by Crippen LogP contribution is 2.27. The van der Waals surface area contributed by atoms with Crippen molar-refractivity contribution < 1.29 is 23.8 Å². The van der Waals surface area contributed by atoms with Gasteiger partial charge in [-0.25, -0.2) is 9.78 Å². The van der Waals surface area contributed by atoms with Crippen LogP contribution in [-0.2, 0) is 23.0 Å². The smallest absolute Gasteiger partial charge is 0.415 e. The van der Waals surface area contributed by atoms with Crippen molar-refractivity contribution in [3.05, 3.63) is 52.6 Å². The number of carbonyl (C=O) groups excluding carboxylic acids is 2. The van der Waals surface area contributed by atoms with Gasteiger partial charge >= 0.3 is 6.09 Å². The summed E-state index contributed by atoms with van der Waals surface area (Å²) in [6.07, 6.45) is 0.991. The lowest BCUT2D eigenvalue weighted by molar-refractivity contribution is -0.121. The molecule has 34 heavy (non-hydrogen) atoms. The highest BCUT2D eigenvalue weighted by molar-refractivity contribution is 5.89. The summed E-state index contributed by atoms with van der Waals surface area (Å²) < 4.78 is 18.2. The molecular weight excluding hydrogens is 442 g/mol. The van der Waals surface area contributed by atoms with Crippen LogP contribution >= 0.6 is 0 Å². The Labute approximate surface area is 194 Å². The monoisotopic (exact) mass is 465 g/mol. The number of cyclic esters (lactones) is 1. The summed E-state index contributed by atoms with van der Waals surface area (Å²) in [6, 6.07) is 8.28. The first-order valence-electron chi connectivity index (χ1n) is 10.9. The predicted octanol–water partition coefficient (Wildman–Crippen LogP) is 0.826. The van der Waals surface area contributed by atoms with Crippen LogP contribution in [0, 0.1) is 0 Å². The van der Waals surface area contributed by atoms with Crippen molar-refractivity contribution in [1.82, 2.24) is 19.9 Å². The van der Waals surface area contributed by atoms with Crippen molar-refractivity contribution >= 4 is 28.7 Å². The molecule has 0 spiro atoms. The minimum Gasteiger partial charge on any atom is -0.490 e. The number of ketones is 1. The number of pyridine rings is 3. The van der Waals surface area contributed by atoms with E-state index in [2.05, 4.69) is 15.3 Å². The van der Waals surface area contributed by atoms with Gasteiger partial charge in [-0.1, -0.05) is 0 Å². The van der Waals surface area contributed by atoms with Gasteiger partial charge < -0.3 is 24.1 Å². The van der Waals surface area contributed by atoms with E-state index in [1.165, 1.54) is 15.5 Å². The first-order valence-corrected chi connectivity index (χ1v) is 10.9. The molecule has 2 aliphatic heterocycles. The first-order chi connectivity index (χ1) is 16.5. The lowest BCUT2D eigenvalue weighted by Gasteiger charge is -2.18. The number of Topliss-reactive ketones (excluding diaryl/α,β-unsaturated/α-hetero) is 1. The molecule has 5 rings (SSSR count). The first kappa shape index (κ1) is 21.8. The maximum absolute atomic E-state index is 12.4. The van der Waals surface area contributed by atoms with E-state index in [9.17, 15) is 14.4 Å². The summed E-state index contributed by atoms with van der Waals surface area (Å²) in [5.74, 6) is 1.53. The van der Waals surface area contributed by atoms with E-state index in [0.29, 0.717) is 60.3 Å². The Morgan fingerprint density at radius 3 is 2.94 bits per heavy atom. The third-order valence-corrected chi connectivity index (χ3v) is 5.70. The van der Waals surface area contributed by atoms with Crippen LogP contribution in [0.1, 0.15) is 5.69 Å². The number of nitrogens with zero attached hydrogens (tertiary/aromatic N) is 4. The van der Waals surface area contributed by atoms with E-state index in [4.69, 9.17) is 14.2 Å². The number of hydrogen-bond acceptors (Lipinski definition) is 9. The molecule has 3 aromatic heterocycles. The second-order valence-corrected chi connectivity index (χ2v) is 8.06. The highest BCUT2D eigenvalue weighted by atomic mass is 16.6. The molecule has 11 heteroatoms. The van der Waals surface area contributed by atoms with Crippen LogP contribution in [0.15, 0.2) is 41.3 Å². The van der Waals surface area contributed by atoms with Crippen LogP contribution < -0.4 is 25.2 Å². The van der Waals surface area contributed by atoms with Crippen LogP contribution in [0.3, 0.4) is 0 Å². The Kier molecular flexibility index (Phi) is 5.84. The molecule has 11 nitrogen and oxygen atoms in total. The van der Waals surface area contributed by atoms with Crippen LogP contribution in [0.2, 0.25) is 0 Å². The number of aryl methyl sites for hydroxylation is 1. The van der Waals surface area contributed by atoms with Gasteiger partial charge in [-0.3, -0.25) is 19.5 Å². The Bertz CT molecular complexity index is 1320. The fourth-order valence-corrected chi connectivity index (χ4v) is 3.99. The van der Waals surface area contributed by atoms with Crippen molar-refractivity contribution in [3.8, 4) is 11.5 Å². The van der Waals surface area contributed by atoms with Crippen molar-refractivity contribution in [1.29, 1.82) is 0 Å². The van der Waals surface area contributed by atoms with E-state index in [0.717, 1.165) is 0 Å². The number of nitrogens with one attached hydrogen (secondary N) is 1. The fourth-order valence-electron chi connectivity index (χ4n) is 3.99. The van der Waals surface area contributed by atoms with Gasteiger partial charge in [0.1, 0.15) is 42.2 Å². The number of amides is 1. The molecule has 1 amide bonds. The van der Waals surface area contributed by atoms with Gasteiger partial charge in [-0.15, -0.1) is 0 Å². The van der Waals surface area contributed by atoms with Crippen LogP contribution in [0.4, 0.5) is 10.6 Å². The molecule has 1 atom stereocenters. The van der Waals surface area contributed by atoms with Crippen LogP contribution in [-0.4, -0.2) is 65.4 Å². The SMILES string of the molecule is Cn1c(=O)ccc2nccc(OCCNC[C@H]3CN(c4ccc5c(n4)CC(=O)CO5)C(=O)O3)c21. The Morgan fingerprint density at radius 1 is 1.18 bits per heavy atom. The fraction of sp³-hybridized carbons (Fsp3) is 0.348. The lowest BCUT2D eigenvalue weighted by atomic mass is 10.1. The number of aromatic nitrogens is 3. The van der Waals surface area contributed by atoms with Crippen LogP contribution in [0.5, 0.6) is 11.5 Å². The molecule has 0 radical (unpaired) electrons. The van der Waals surface area contributed by atoms with E-state index in [1.807, 2.05) is 0 Å². The van der Waals surface area contributed by atoms with E-state index in [1.54, 1.807) is 37.5 Å². The lowest BCUT2D eigenvalue weighted by Crippen LogP contribution is -2.33. The molecule has 1 N–H and O–H groups in total. The normalized spacial score (nSPS) is 17.4. The Hall–Kier alpha value is -3.99. The number of rotatable bonds is 7. The minimum absolute atomic E-state index is 0.0484. The predicted molar refractivity (Wildman–Crippen MR) is 121 cm³/mol. The summed E-state index contributed by atoms with van der Waals surface area (Å²) in [7, 11) is 1.68. The number of hydrogen-bond donors (Lipinski definition) is 1. The molecule has 0 bridgehead atoms. The molecule has 1 saturated heterocycles. The maximum Gasteiger partial charge on any atom is 0.415 e. The average molecular weight is 465 g/mol. The topological polar surface area (TPSA) is 125 Å². The largest absolute Gasteiger partial charge is 0.490 e. The maximum atomic E-state index is 12.4. The molecular formula is C23H23N5O6. The molecule has 2 aliphatic rings. The third-order valence-electron chi connectivity index (χ3n) is 5.70. The molecule has 0 saturated carbocycles. The van der Waals surface area contributed by atoms with E-state index < -0.39 is 6.09 Å². The van der Waals surface area contributed by atoms with Crippen LogP contribution in [0.25, 0.3) is 11.0 Å². The summed E-state index contributed by atoms with van der Waals surface area (Å²) >= 11 is 0. The Balaban J connectivity index is 1.14. The van der Waals surface area contributed by atoms with Gasteiger partial charge in [0.25, 0.3) is 5.56 Å². The summed E-state index contributed by atoms with van der Waals surface area (Å²) in [4.78, 5) is 46.1. The molecule has 3 aromatic rings. The van der Waals surface area contributed by atoms with Gasteiger partial charge in [0.05, 0.1) is 24.2 Å². The highest BCUT2D eigenvalue weighted by Gasteiger charge is 2.33. The zero-order valence-electron chi connectivity index (χ0n) is 18.5. The van der Waals surface area contributed by atoms with Gasteiger partial charge in [-0.2, -0.15) is 0 Å². The quantitative estimate of drug-likeness (QED) is 0.505. The van der Waals surface area contributed by atoms with Crippen molar-refractivity contribution in [2.24, 2.45) is 7.05 Å². The average Bonchev–Trinajstić information content (AvgIpc) is 3.21. The molecule has 0 unspecified atom stereocenters. The van der Waals surface area contributed by atoms with E-state index >= 15 is 0 Å². The third kappa shape index (κ3) is 4.29. The molecule has 5 heterocycles. The molecule has 176 valence electrons. The zero-order valence-corrected chi connectivity index (χ0v) is 18.5. The second-order valence-electron chi connectivity index (χ2n) is 8.06. The minimum atomic E-state index is -0.484. The number of fused-ring (bicyclic) bond motifs is 2. The van der Waals surface area contributed by atoms with Crippen molar-refractivity contribution in [2.45, 2.75) is 12.5 Å². The second kappa shape index (κ2) is 9.10. The summed E-state index contributed by atoms with van der Waals surface area (Å²) in [6.45, 7) is 1.69. The van der Waals surface area contributed by atoms with Crippen molar-refractivity contribution in [2.75, 3.05) is 37.7 Å². The summed E-state index contributed by atoms with van der Waals surface area (Å²) in [5.41, 5.74) is 1.71. The van der Waals surface area contributed by atoms with Gasteiger partial charge in [0, 0.05) is 38.5 Å². The number of ether oxygens (including phenoxy) is 3. The molecule has 0 aromatic carbocycles. The van der Waals surface area contributed by atoms with Crippen molar-refractivity contribution in [3.63, 3.8) is 0 Å². The number of carbonyl (C=O) groups is 2. The Morgan fingerprint density at radius 2 is 2.06 bits per heavy atom. The standard InChI is InChI=1S/C23H23N5O6/c1-27-21(30)5-2-16-22(27)19(6-7-25-16)32-9-8-24-11-15-12-28(23(31)34-15)20-4-3-18-17(26-20)10-14(29)13-33-18/h2-7,15,24H,8-13H2,1H3/t15-/m0/s1. The van der Waals surface area contributed by atoms with Gasteiger partial charge in [-0.05, 0) is 18.2 Å². The molecule has 0 aliphatic carbocycles. The van der Waals surface area contributed by atoms with E-state index in [-0.39, 0.29) is 30.5 Å². The molecule has 1 fully saturated rings. The summed E-state index contributed by atoms with van der Waals surface area (Å²) in [5, 5.41) is 3.22. The number of anilines is 1. The zero-order chi connectivity index (χ0) is 23.7. The van der Waals surface area contributed by atoms with Gasteiger partial charge in [0.15, 0.2) is 5.78 Å².